The van der Waals surface area contributed by atoms with Gasteiger partial charge in [-0.15, -0.1) is 0 Å². The summed E-state index contributed by atoms with van der Waals surface area (Å²) in [5.41, 5.74) is 0. The summed E-state index contributed by atoms with van der Waals surface area (Å²) in [5.74, 6) is 0. The summed E-state index contributed by atoms with van der Waals surface area (Å²) >= 11 is 0. The van der Waals surface area contributed by atoms with Crippen LogP contribution in [0.15, 0.2) is 0 Å². The van der Waals surface area contributed by atoms with Crippen molar-refractivity contribution in [1.82, 2.24) is 4.90 Å². The Morgan fingerprint density at radius 1 is 1.44 bits per heavy atom. The lowest BCUT2D eigenvalue weighted by Crippen LogP contribution is -2.35. The molecule has 9 heavy (non-hydrogen) atoms. The van der Waals surface area contributed by atoms with Crippen LogP contribution in [-0.4, -0.2) is 38.6 Å². The maximum atomic E-state index is 5.24. The highest BCUT2D eigenvalue weighted by Gasteiger charge is 2.14. The summed E-state index contributed by atoms with van der Waals surface area (Å²) < 4.78 is 10.2. The zero-order valence-electron chi connectivity index (χ0n) is 5.96. The lowest BCUT2D eigenvalue weighted by atomic mass is 10.3. The van der Waals surface area contributed by atoms with Gasteiger partial charge in [-0.3, -0.25) is 4.90 Å². The minimum Gasteiger partial charge on any atom is -0.355 e. The maximum absolute atomic E-state index is 5.24. The van der Waals surface area contributed by atoms with Crippen LogP contribution >= 0.6 is 0 Å². The van der Waals surface area contributed by atoms with Gasteiger partial charge in [0.25, 0.3) is 0 Å². The fourth-order valence-corrected chi connectivity index (χ4v) is 0.860. The van der Waals surface area contributed by atoms with Gasteiger partial charge < -0.3 is 9.47 Å². The molecule has 0 aromatic heterocycles. The third-order valence-electron chi connectivity index (χ3n) is 1.43. The number of hydrogen-bond acceptors (Lipinski definition) is 3. The molecule has 0 spiro atoms. The van der Waals surface area contributed by atoms with Crippen molar-refractivity contribution in [2.24, 2.45) is 0 Å². The molecule has 1 heterocycles. The van der Waals surface area contributed by atoms with Crippen molar-refractivity contribution in [2.75, 3.05) is 27.5 Å². The zero-order valence-corrected chi connectivity index (χ0v) is 5.96. The van der Waals surface area contributed by atoms with Crippen molar-refractivity contribution in [3.05, 3.63) is 0 Å². The van der Waals surface area contributed by atoms with Crippen molar-refractivity contribution in [3.63, 3.8) is 0 Å². The molecule has 1 aliphatic rings. The normalized spacial score (nSPS) is 29.0. The Kier molecular flexibility index (Phi) is 2.45. The van der Waals surface area contributed by atoms with E-state index in [0.29, 0.717) is 6.79 Å². The summed E-state index contributed by atoms with van der Waals surface area (Å²) in [4.78, 5) is 2.06. The second-order valence-corrected chi connectivity index (χ2v) is 2.40. The Morgan fingerprint density at radius 2 is 2.22 bits per heavy atom. The van der Waals surface area contributed by atoms with E-state index in [2.05, 4.69) is 4.90 Å². The Labute approximate surface area is 55.5 Å². The predicted octanol–water partition coefficient (Wildman–Crippen LogP) is 0.268. The van der Waals surface area contributed by atoms with Gasteiger partial charge in [-0.1, -0.05) is 0 Å². The Balaban J connectivity index is 2.23. The molecule has 1 fully saturated rings. The highest BCUT2D eigenvalue weighted by atomic mass is 16.7. The van der Waals surface area contributed by atoms with Gasteiger partial charge in [0.05, 0.1) is 6.61 Å². The van der Waals surface area contributed by atoms with E-state index in [1.165, 1.54) is 0 Å². The Hall–Kier alpha value is -0.120. The van der Waals surface area contributed by atoms with Crippen LogP contribution in [0.2, 0.25) is 0 Å². The average molecular weight is 131 g/mol. The second kappa shape index (κ2) is 3.15. The molecule has 0 radical (unpaired) electrons. The summed E-state index contributed by atoms with van der Waals surface area (Å²) in [5, 5.41) is 0. The number of rotatable bonds is 1. The molecular formula is C6H13NO2. The van der Waals surface area contributed by atoms with Gasteiger partial charge in [0.2, 0.25) is 0 Å². The molecule has 1 saturated heterocycles. The zero-order chi connectivity index (χ0) is 6.69. The molecule has 0 aliphatic carbocycles. The van der Waals surface area contributed by atoms with Gasteiger partial charge in [-0.2, -0.15) is 0 Å². The van der Waals surface area contributed by atoms with Crippen LogP contribution in [0, 0.1) is 0 Å². The van der Waals surface area contributed by atoms with Crippen LogP contribution in [0.5, 0.6) is 0 Å². The third kappa shape index (κ3) is 1.93. The van der Waals surface area contributed by atoms with Gasteiger partial charge in [0.15, 0.2) is 0 Å². The highest BCUT2D eigenvalue weighted by Crippen LogP contribution is 2.06. The molecule has 1 unspecified atom stereocenters. The number of nitrogens with zero attached hydrogens (tertiary/aromatic N) is 1. The van der Waals surface area contributed by atoms with E-state index in [1.807, 2.05) is 14.1 Å². The smallest absolute Gasteiger partial charge is 0.148 e. The van der Waals surface area contributed by atoms with Crippen LogP contribution in [0.25, 0.3) is 0 Å². The first-order valence-corrected chi connectivity index (χ1v) is 3.16. The molecule has 0 aromatic carbocycles. The second-order valence-electron chi connectivity index (χ2n) is 2.40. The van der Waals surface area contributed by atoms with E-state index >= 15 is 0 Å². The van der Waals surface area contributed by atoms with E-state index in [1.54, 1.807) is 0 Å². The fraction of sp³-hybridized carbons (Fsp3) is 1.00. The van der Waals surface area contributed by atoms with Crippen molar-refractivity contribution in [1.29, 1.82) is 0 Å². The average Bonchev–Trinajstić information content (AvgIpc) is 1.90. The van der Waals surface area contributed by atoms with Crippen molar-refractivity contribution in [3.8, 4) is 0 Å². The predicted molar refractivity (Wildman–Crippen MR) is 34.0 cm³/mol. The van der Waals surface area contributed by atoms with Gasteiger partial charge in [0.1, 0.15) is 13.0 Å². The molecule has 0 bridgehead atoms. The first-order chi connectivity index (χ1) is 4.30. The van der Waals surface area contributed by atoms with Crippen LogP contribution in [0.1, 0.15) is 6.42 Å². The minimum atomic E-state index is 0.263. The molecule has 3 nitrogen and oxygen atoms in total. The van der Waals surface area contributed by atoms with Gasteiger partial charge in [-0.25, -0.2) is 0 Å². The van der Waals surface area contributed by atoms with Gasteiger partial charge >= 0.3 is 0 Å². The number of ether oxygens (including phenoxy) is 2. The Bertz CT molecular complexity index is 79.1. The van der Waals surface area contributed by atoms with Gasteiger partial charge in [-0.05, 0) is 14.1 Å². The molecule has 1 aliphatic heterocycles. The first-order valence-electron chi connectivity index (χ1n) is 3.16. The van der Waals surface area contributed by atoms with Crippen molar-refractivity contribution >= 4 is 0 Å². The summed E-state index contributed by atoms with van der Waals surface area (Å²) in [6.07, 6.45) is 1.24. The standard InChI is InChI=1S/C6H13NO2/c1-7(2)6-3-4-8-5-9-6/h6H,3-5H2,1-2H3. The molecule has 3 heteroatoms. The van der Waals surface area contributed by atoms with Crippen molar-refractivity contribution in [2.45, 2.75) is 12.6 Å². The summed E-state index contributed by atoms with van der Waals surface area (Å²) in [7, 11) is 4.02. The fourth-order valence-electron chi connectivity index (χ4n) is 0.860. The molecule has 1 rings (SSSR count). The largest absolute Gasteiger partial charge is 0.355 e. The van der Waals surface area contributed by atoms with E-state index in [-0.39, 0.29) is 6.23 Å². The van der Waals surface area contributed by atoms with E-state index in [0.717, 1.165) is 13.0 Å². The maximum Gasteiger partial charge on any atom is 0.148 e. The van der Waals surface area contributed by atoms with Crippen LogP contribution < -0.4 is 0 Å². The van der Waals surface area contributed by atoms with E-state index in [9.17, 15) is 0 Å². The van der Waals surface area contributed by atoms with E-state index in [4.69, 9.17) is 9.47 Å². The summed E-state index contributed by atoms with van der Waals surface area (Å²) in [6.45, 7) is 1.27. The lowest BCUT2D eigenvalue weighted by molar-refractivity contribution is -0.178. The summed E-state index contributed by atoms with van der Waals surface area (Å²) in [6, 6.07) is 0. The van der Waals surface area contributed by atoms with Gasteiger partial charge in [0, 0.05) is 6.42 Å². The number of hydrogen-bond donors (Lipinski definition) is 0. The molecule has 0 N–H and O–H groups in total. The third-order valence-corrected chi connectivity index (χ3v) is 1.43. The molecule has 1 atom stereocenters. The van der Waals surface area contributed by atoms with Crippen LogP contribution in [0.4, 0.5) is 0 Å². The SMILES string of the molecule is CN(C)C1CCOCO1. The Morgan fingerprint density at radius 3 is 2.56 bits per heavy atom. The molecule has 0 saturated carbocycles. The quantitative estimate of drug-likeness (QED) is 0.510. The van der Waals surface area contributed by atoms with Crippen molar-refractivity contribution < 1.29 is 9.47 Å². The lowest BCUT2D eigenvalue weighted by Gasteiger charge is -2.27. The minimum absolute atomic E-state index is 0.263. The molecule has 0 amide bonds. The molecular weight excluding hydrogens is 118 g/mol. The topological polar surface area (TPSA) is 21.7 Å². The van der Waals surface area contributed by atoms with E-state index < -0.39 is 0 Å². The van der Waals surface area contributed by atoms with Crippen LogP contribution in [-0.2, 0) is 9.47 Å². The molecule has 54 valence electrons. The monoisotopic (exact) mass is 131 g/mol. The highest BCUT2D eigenvalue weighted by molar-refractivity contribution is 4.55. The molecule has 0 aromatic rings. The van der Waals surface area contributed by atoms with Crippen LogP contribution in [0.3, 0.4) is 0 Å². The first kappa shape index (κ1) is 6.99.